The molecule has 0 radical (unpaired) electrons. The second-order valence-corrected chi connectivity index (χ2v) is 6.34. The van der Waals surface area contributed by atoms with Crippen molar-refractivity contribution in [2.75, 3.05) is 13.2 Å². The maximum Gasteiger partial charge on any atom is 0.307 e. The smallest absolute Gasteiger partial charge is 0.307 e. The molecule has 5 nitrogen and oxygen atoms in total. The molecule has 0 fully saturated rings. The number of esters is 1. The molecule has 2 aromatic carbocycles. The average molecular weight is 355 g/mol. The highest BCUT2D eigenvalue weighted by Crippen LogP contribution is 2.16. The number of nitrogens with one attached hydrogen (secondary N) is 1. The Bertz CT molecular complexity index is 723. The second-order valence-electron chi connectivity index (χ2n) is 6.34. The summed E-state index contributed by atoms with van der Waals surface area (Å²) in [4.78, 5) is 23.9. The maximum absolute atomic E-state index is 12.0. The highest BCUT2D eigenvalue weighted by molar-refractivity contribution is 5.94. The molecule has 1 N–H and O–H groups in total. The lowest BCUT2D eigenvalue weighted by atomic mass is 10.1. The Morgan fingerprint density at radius 1 is 1.00 bits per heavy atom. The predicted octanol–water partition coefficient (Wildman–Crippen LogP) is 3.43. The van der Waals surface area contributed by atoms with E-state index in [2.05, 4.69) is 11.4 Å². The fourth-order valence-electron chi connectivity index (χ4n) is 2.59. The Balaban J connectivity index is 1.67. The van der Waals surface area contributed by atoms with Gasteiger partial charge in [-0.25, -0.2) is 0 Å². The van der Waals surface area contributed by atoms with Gasteiger partial charge in [0, 0.05) is 11.6 Å². The van der Waals surface area contributed by atoms with Crippen LogP contribution >= 0.6 is 0 Å². The third kappa shape index (κ3) is 6.59. The first-order valence-electron chi connectivity index (χ1n) is 8.66. The molecule has 0 aliphatic carbocycles. The van der Waals surface area contributed by atoms with Crippen molar-refractivity contribution >= 4 is 11.9 Å². The molecule has 1 unspecified atom stereocenters. The summed E-state index contributed by atoms with van der Waals surface area (Å²) < 4.78 is 10.8. The molecule has 0 aromatic heterocycles. The number of hydrogen-bond donors (Lipinski definition) is 1. The predicted molar refractivity (Wildman–Crippen MR) is 100 cm³/mol. The molecule has 1 atom stereocenters. The highest BCUT2D eigenvalue weighted by Gasteiger charge is 2.14. The molecule has 0 saturated carbocycles. The Morgan fingerprint density at radius 2 is 1.65 bits per heavy atom. The lowest BCUT2D eigenvalue weighted by Crippen LogP contribution is -2.34. The van der Waals surface area contributed by atoms with Crippen LogP contribution in [0.3, 0.4) is 0 Å². The normalized spacial score (nSPS) is 11.5. The van der Waals surface area contributed by atoms with E-state index in [0.29, 0.717) is 12.2 Å². The molecular formula is C21H25NO4. The molecular weight excluding hydrogens is 330 g/mol. The Hall–Kier alpha value is -2.82. The molecule has 2 rings (SSSR count). The van der Waals surface area contributed by atoms with Gasteiger partial charge in [0.2, 0.25) is 0 Å². The van der Waals surface area contributed by atoms with Crippen LogP contribution in [0.15, 0.2) is 48.5 Å². The van der Waals surface area contributed by atoms with Crippen LogP contribution in [0.5, 0.6) is 5.75 Å². The van der Waals surface area contributed by atoms with Gasteiger partial charge in [-0.3, -0.25) is 9.59 Å². The molecule has 0 aliphatic heterocycles. The number of carbonyl (C=O) groups is 2. The van der Waals surface area contributed by atoms with E-state index in [1.54, 1.807) is 31.2 Å². The van der Waals surface area contributed by atoms with Crippen molar-refractivity contribution in [2.45, 2.75) is 33.2 Å². The largest absolute Gasteiger partial charge is 0.490 e. The van der Waals surface area contributed by atoms with E-state index in [9.17, 15) is 9.59 Å². The Labute approximate surface area is 154 Å². The van der Waals surface area contributed by atoms with E-state index in [0.717, 1.165) is 16.9 Å². The van der Waals surface area contributed by atoms with E-state index in [4.69, 9.17) is 9.47 Å². The molecule has 26 heavy (non-hydrogen) atoms. The third-order valence-corrected chi connectivity index (χ3v) is 3.70. The SMILES string of the molecule is Cc1cc(C)cc(OCCOC(=O)CC(C)NC(=O)c2ccccc2)c1. The summed E-state index contributed by atoms with van der Waals surface area (Å²) in [6, 6.07) is 14.5. The van der Waals surface area contributed by atoms with Gasteiger partial charge < -0.3 is 14.8 Å². The number of ether oxygens (including phenoxy) is 2. The molecule has 0 bridgehead atoms. The fraction of sp³-hybridized carbons (Fsp3) is 0.333. The first kappa shape index (κ1) is 19.5. The van der Waals surface area contributed by atoms with E-state index >= 15 is 0 Å². The minimum atomic E-state index is -0.366. The van der Waals surface area contributed by atoms with Crippen LogP contribution in [0.25, 0.3) is 0 Å². The third-order valence-electron chi connectivity index (χ3n) is 3.70. The zero-order chi connectivity index (χ0) is 18.9. The number of amides is 1. The van der Waals surface area contributed by atoms with E-state index in [-0.39, 0.29) is 30.9 Å². The van der Waals surface area contributed by atoms with Gasteiger partial charge in [-0.15, -0.1) is 0 Å². The molecule has 0 heterocycles. The number of rotatable bonds is 8. The number of aryl methyl sites for hydroxylation is 2. The van der Waals surface area contributed by atoms with Crippen LogP contribution in [0.4, 0.5) is 0 Å². The van der Waals surface area contributed by atoms with Crippen LogP contribution < -0.4 is 10.1 Å². The lowest BCUT2D eigenvalue weighted by molar-refractivity contribution is -0.144. The Morgan fingerprint density at radius 3 is 2.31 bits per heavy atom. The van der Waals surface area contributed by atoms with Gasteiger partial charge in [-0.05, 0) is 56.2 Å². The summed E-state index contributed by atoms with van der Waals surface area (Å²) in [6.07, 6.45) is 0.113. The molecule has 5 heteroatoms. The summed E-state index contributed by atoms with van der Waals surface area (Å²) >= 11 is 0. The molecule has 0 saturated heterocycles. The van der Waals surface area contributed by atoms with Gasteiger partial charge in [-0.1, -0.05) is 24.3 Å². The maximum atomic E-state index is 12.0. The zero-order valence-electron chi connectivity index (χ0n) is 15.5. The van der Waals surface area contributed by atoms with Gasteiger partial charge in [0.15, 0.2) is 0 Å². The van der Waals surface area contributed by atoms with Crippen molar-refractivity contribution in [3.63, 3.8) is 0 Å². The standard InChI is InChI=1S/C21H25NO4/c1-15-11-16(2)13-19(12-15)25-9-10-26-20(23)14-17(3)22-21(24)18-7-5-4-6-8-18/h4-8,11-13,17H,9-10,14H2,1-3H3,(H,22,24). The minimum Gasteiger partial charge on any atom is -0.490 e. The minimum absolute atomic E-state index is 0.113. The van der Waals surface area contributed by atoms with Crippen LogP contribution in [0, 0.1) is 13.8 Å². The molecule has 1 amide bonds. The topological polar surface area (TPSA) is 64.6 Å². The lowest BCUT2D eigenvalue weighted by Gasteiger charge is -2.14. The summed E-state index contributed by atoms with van der Waals surface area (Å²) in [5.41, 5.74) is 2.81. The Kier molecular flexibility index (Phi) is 7.21. The number of carbonyl (C=O) groups excluding carboxylic acids is 2. The fourth-order valence-corrected chi connectivity index (χ4v) is 2.59. The van der Waals surface area contributed by atoms with Crippen LogP contribution in [-0.2, 0) is 9.53 Å². The van der Waals surface area contributed by atoms with Crippen molar-refractivity contribution < 1.29 is 19.1 Å². The van der Waals surface area contributed by atoms with Crippen LogP contribution in [0.2, 0.25) is 0 Å². The average Bonchev–Trinajstić information content (AvgIpc) is 2.58. The van der Waals surface area contributed by atoms with Crippen LogP contribution in [-0.4, -0.2) is 31.1 Å². The van der Waals surface area contributed by atoms with Crippen molar-refractivity contribution in [3.8, 4) is 5.75 Å². The zero-order valence-corrected chi connectivity index (χ0v) is 15.5. The van der Waals surface area contributed by atoms with Crippen LogP contribution in [0.1, 0.15) is 34.8 Å². The molecule has 2 aromatic rings. The van der Waals surface area contributed by atoms with Crippen molar-refractivity contribution in [1.29, 1.82) is 0 Å². The van der Waals surface area contributed by atoms with E-state index in [1.807, 2.05) is 32.0 Å². The first-order chi connectivity index (χ1) is 12.4. The quantitative estimate of drug-likeness (QED) is 0.582. The molecule has 0 aliphatic rings. The van der Waals surface area contributed by atoms with Crippen molar-refractivity contribution in [2.24, 2.45) is 0 Å². The summed E-state index contributed by atoms with van der Waals surface area (Å²) in [5.74, 6) is 0.195. The van der Waals surface area contributed by atoms with Crippen molar-refractivity contribution in [3.05, 3.63) is 65.2 Å². The van der Waals surface area contributed by atoms with Gasteiger partial charge in [0.25, 0.3) is 5.91 Å². The second kappa shape index (κ2) is 9.61. The summed E-state index contributed by atoms with van der Waals surface area (Å²) in [7, 11) is 0. The van der Waals surface area contributed by atoms with Gasteiger partial charge >= 0.3 is 5.97 Å². The number of hydrogen-bond acceptors (Lipinski definition) is 4. The van der Waals surface area contributed by atoms with Gasteiger partial charge in [0.1, 0.15) is 19.0 Å². The monoisotopic (exact) mass is 355 g/mol. The number of benzene rings is 2. The molecule has 0 spiro atoms. The van der Waals surface area contributed by atoms with E-state index in [1.165, 1.54) is 0 Å². The van der Waals surface area contributed by atoms with Crippen molar-refractivity contribution in [1.82, 2.24) is 5.32 Å². The van der Waals surface area contributed by atoms with Gasteiger partial charge in [0.05, 0.1) is 6.42 Å². The highest BCUT2D eigenvalue weighted by atomic mass is 16.6. The summed E-state index contributed by atoms with van der Waals surface area (Å²) in [5, 5.41) is 2.78. The molecule has 138 valence electrons. The van der Waals surface area contributed by atoms with Gasteiger partial charge in [-0.2, -0.15) is 0 Å². The summed E-state index contributed by atoms with van der Waals surface area (Å²) in [6.45, 7) is 6.24. The first-order valence-corrected chi connectivity index (χ1v) is 8.66. The van der Waals surface area contributed by atoms with E-state index < -0.39 is 0 Å².